The van der Waals surface area contributed by atoms with Crippen molar-refractivity contribution in [1.29, 1.82) is 0 Å². The first-order valence-corrected chi connectivity index (χ1v) is 9.51. The van der Waals surface area contributed by atoms with E-state index >= 15 is 0 Å². The molecule has 0 radical (unpaired) electrons. The maximum atomic E-state index is 12.9. The summed E-state index contributed by atoms with van der Waals surface area (Å²) in [6.45, 7) is 7.55. The number of likely N-dealkylation sites (N-methyl/N-ethyl adjacent to an activating group) is 1. The van der Waals surface area contributed by atoms with E-state index in [9.17, 15) is 4.79 Å². The van der Waals surface area contributed by atoms with E-state index in [1.54, 1.807) is 7.11 Å². The molecular formula is C22H28N2O3. The summed E-state index contributed by atoms with van der Waals surface area (Å²) >= 11 is 0. The lowest BCUT2D eigenvalue weighted by molar-refractivity contribution is 0.0642. The summed E-state index contributed by atoms with van der Waals surface area (Å²) in [5, 5.41) is 0. The normalized spacial score (nSPS) is 15.0. The summed E-state index contributed by atoms with van der Waals surface area (Å²) in [5.74, 6) is 0.827. The van der Waals surface area contributed by atoms with Crippen LogP contribution in [0.5, 0.6) is 5.75 Å². The summed E-state index contributed by atoms with van der Waals surface area (Å²) in [7, 11) is 1.64. The Hall–Kier alpha value is -2.37. The van der Waals surface area contributed by atoms with Crippen LogP contribution in [0.25, 0.3) is 0 Å². The fourth-order valence-electron chi connectivity index (χ4n) is 3.33. The van der Waals surface area contributed by atoms with Gasteiger partial charge in [0.1, 0.15) is 5.75 Å². The van der Waals surface area contributed by atoms with Crippen LogP contribution < -0.4 is 4.74 Å². The van der Waals surface area contributed by atoms with Crippen LogP contribution in [0.4, 0.5) is 0 Å². The third-order valence-corrected chi connectivity index (χ3v) is 5.00. The molecule has 0 aliphatic carbocycles. The number of ether oxygens (including phenoxy) is 2. The molecule has 27 heavy (non-hydrogen) atoms. The first kappa shape index (κ1) is 19.4. The van der Waals surface area contributed by atoms with Crippen molar-refractivity contribution in [2.45, 2.75) is 20.1 Å². The number of hydrogen-bond donors (Lipinski definition) is 0. The molecule has 1 aliphatic heterocycles. The Kier molecular flexibility index (Phi) is 6.85. The molecule has 1 fully saturated rings. The van der Waals surface area contributed by atoms with Crippen LogP contribution in [-0.4, -0.2) is 55.5 Å². The molecule has 0 aromatic heterocycles. The summed E-state index contributed by atoms with van der Waals surface area (Å²) < 4.78 is 11.3. The Labute approximate surface area is 161 Å². The molecule has 2 aromatic rings. The van der Waals surface area contributed by atoms with Gasteiger partial charge in [-0.2, -0.15) is 0 Å². The van der Waals surface area contributed by atoms with Gasteiger partial charge in [-0.15, -0.1) is 0 Å². The minimum absolute atomic E-state index is 0.0812. The SMILES string of the molecule is CCN1CCN(C(=O)c2ccc(OC)c(COCc3ccccc3)c2)CC1. The van der Waals surface area contributed by atoms with Crippen LogP contribution in [0.2, 0.25) is 0 Å². The smallest absolute Gasteiger partial charge is 0.253 e. The van der Waals surface area contributed by atoms with Crippen molar-refractivity contribution in [3.63, 3.8) is 0 Å². The van der Waals surface area contributed by atoms with Crippen molar-refractivity contribution in [1.82, 2.24) is 9.80 Å². The van der Waals surface area contributed by atoms with E-state index in [0.717, 1.165) is 49.6 Å². The first-order chi connectivity index (χ1) is 13.2. The molecule has 1 saturated heterocycles. The summed E-state index contributed by atoms with van der Waals surface area (Å²) in [4.78, 5) is 17.2. The van der Waals surface area contributed by atoms with E-state index < -0.39 is 0 Å². The highest BCUT2D eigenvalue weighted by Gasteiger charge is 2.22. The predicted molar refractivity (Wildman–Crippen MR) is 106 cm³/mol. The molecule has 0 atom stereocenters. The van der Waals surface area contributed by atoms with Crippen LogP contribution in [0, 0.1) is 0 Å². The molecule has 0 bridgehead atoms. The van der Waals surface area contributed by atoms with Crippen molar-refractivity contribution in [2.75, 3.05) is 39.8 Å². The van der Waals surface area contributed by atoms with Gasteiger partial charge in [-0.25, -0.2) is 0 Å². The van der Waals surface area contributed by atoms with Gasteiger partial charge in [-0.1, -0.05) is 37.3 Å². The van der Waals surface area contributed by atoms with E-state index in [1.807, 2.05) is 53.4 Å². The average molecular weight is 368 g/mol. The molecule has 5 nitrogen and oxygen atoms in total. The second kappa shape index (κ2) is 9.53. The second-order valence-corrected chi connectivity index (χ2v) is 6.73. The van der Waals surface area contributed by atoms with E-state index in [2.05, 4.69) is 11.8 Å². The number of carbonyl (C=O) groups excluding carboxylic acids is 1. The highest BCUT2D eigenvalue weighted by atomic mass is 16.5. The van der Waals surface area contributed by atoms with Crippen molar-refractivity contribution in [2.24, 2.45) is 0 Å². The van der Waals surface area contributed by atoms with Gasteiger partial charge in [0, 0.05) is 37.3 Å². The van der Waals surface area contributed by atoms with Crippen molar-refractivity contribution in [3.8, 4) is 5.75 Å². The van der Waals surface area contributed by atoms with Crippen molar-refractivity contribution >= 4 is 5.91 Å². The van der Waals surface area contributed by atoms with Crippen molar-refractivity contribution in [3.05, 3.63) is 65.2 Å². The minimum atomic E-state index is 0.0812. The molecule has 0 spiro atoms. The monoisotopic (exact) mass is 368 g/mol. The maximum absolute atomic E-state index is 12.9. The molecule has 0 unspecified atom stereocenters. The lowest BCUT2D eigenvalue weighted by atomic mass is 10.1. The molecule has 2 aromatic carbocycles. The standard InChI is InChI=1S/C22H28N2O3/c1-3-23-11-13-24(14-12-23)22(25)19-9-10-21(26-2)20(15-19)17-27-16-18-7-5-4-6-8-18/h4-10,15H,3,11-14,16-17H2,1-2H3. The van der Waals surface area contributed by atoms with Gasteiger partial charge in [0.2, 0.25) is 0 Å². The molecule has 1 aliphatic rings. The Morgan fingerprint density at radius 1 is 1.00 bits per heavy atom. The van der Waals surface area contributed by atoms with Crippen LogP contribution in [0.1, 0.15) is 28.4 Å². The lowest BCUT2D eigenvalue weighted by Gasteiger charge is -2.34. The highest BCUT2D eigenvalue weighted by Crippen LogP contribution is 2.22. The Bertz CT molecular complexity index is 740. The number of methoxy groups -OCH3 is 1. The minimum Gasteiger partial charge on any atom is -0.496 e. The molecule has 5 heteroatoms. The van der Waals surface area contributed by atoms with Crippen LogP contribution in [0.15, 0.2) is 48.5 Å². The van der Waals surface area contributed by atoms with Gasteiger partial charge in [-0.3, -0.25) is 4.79 Å². The van der Waals surface area contributed by atoms with Gasteiger partial charge in [-0.05, 0) is 30.3 Å². The zero-order valence-electron chi connectivity index (χ0n) is 16.2. The lowest BCUT2D eigenvalue weighted by Crippen LogP contribution is -2.48. The quantitative estimate of drug-likeness (QED) is 0.753. The Balaban J connectivity index is 1.64. The predicted octanol–water partition coefficient (Wildman–Crippen LogP) is 3.19. The van der Waals surface area contributed by atoms with Gasteiger partial charge in [0.15, 0.2) is 0 Å². The zero-order valence-corrected chi connectivity index (χ0v) is 16.2. The number of amides is 1. The zero-order chi connectivity index (χ0) is 19.1. The van der Waals surface area contributed by atoms with E-state index in [1.165, 1.54) is 0 Å². The number of rotatable bonds is 7. The topological polar surface area (TPSA) is 42.0 Å². The summed E-state index contributed by atoms with van der Waals surface area (Å²) in [5.41, 5.74) is 2.71. The molecule has 0 N–H and O–H groups in total. The maximum Gasteiger partial charge on any atom is 0.253 e. The number of hydrogen-bond acceptors (Lipinski definition) is 4. The summed E-state index contributed by atoms with van der Waals surface area (Å²) in [6.07, 6.45) is 0. The van der Waals surface area contributed by atoms with E-state index in [4.69, 9.17) is 9.47 Å². The molecule has 144 valence electrons. The van der Waals surface area contributed by atoms with Crippen LogP contribution >= 0.6 is 0 Å². The van der Waals surface area contributed by atoms with Gasteiger partial charge in [0.25, 0.3) is 5.91 Å². The first-order valence-electron chi connectivity index (χ1n) is 9.51. The number of carbonyl (C=O) groups is 1. The third kappa shape index (κ3) is 5.08. The number of nitrogens with zero attached hydrogens (tertiary/aromatic N) is 2. The fraction of sp³-hybridized carbons (Fsp3) is 0.409. The van der Waals surface area contributed by atoms with E-state index in [0.29, 0.717) is 18.8 Å². The molecule has 1 heterocycles. The highest BCUT2D eigenvalue weighted by molar-refractivity contribution is 5.94. The van der Waals surface area contributed by atoms with E-state index in [-0.39, 0.29) is 5.91 Å². The van der Waals surface area contributed by atoms with Crippen LogP contribution in [0.3, 0.4) is 0 Å². The largest absolute Gasteiger partial charge is 0.496 e. The Morgan fingerprint density at radius 2 is 1.74 bits per heavy atom. The van der Waals surface area contributed by atoms with Crippen molar-refractivity contribution < 1.29 is 14.3 Å². The Morgan fingerprint density at radius 3 is 2.41 bits per heavy atom. The number of piperazine rings is 1. The van der Waals surface area contributed by atoms with Gasteiger partial charge in [0.05, 0.1) is 20.3 Å². The molecular weight excluding hydrogens is 340 g/mol. The average Bonchev–Trinajstić information content (AvgIpc) is 2.74. The third-order valence-electron chi connectivity index (χ3n) is 5.00. The molecule has 0 saturated carbocycles. The number of benzene rings is 2. The molecule has 3 rings (SSSR count). The molecule has 1 amide bonds. The van der Waals surface area contributed by atoms with Crippen LogP contribution in [-0.2, 0) is 18.0 Å². The van der Waals surface area contributed by atoms with Gasteiger partial charge < -0.3 is 19.3 Å². The summed E-state index contributed by atoms with van der Waals surface area (Å²) in [6, 6.07) is 15.7. The fourth-order valence-corrected chi connectivity index (χ4v) is 3.33. The van der Waals surface area contributed by atoms with Gasteiger partial charge >= 0.3 is 0 Å². The second-order valence-electron chi connectivity index (χ2n) is 6.73.